The van der Waals surface area contributed by atoms with Crippen molar-refractivity contribution < 1.29 is 4.79 Å². The number of hydrogen-bond donors (Lipinski definition) is 1. The van der Waals surface area contributed by atoms with Crippen LogP contribution in [0.2, 0.25) is 0 Å². The molecule has 92 valence electrons. The number of guanidine groups is 1. The first-order valence-corrected chi connectivity index (χ1v) is 5.74. The van der Waals surface area contributed by atoms with Gasteiger partial charge in [0.2, 0.25) is 5.91 Å². The summed E-state index contributed by atoms with van der Waals surface area (Å²) >= 11 is 0. The molecule has 0 aromatic rings. The third-order valence-electron chi connectivity index (χ3n) is 2.98. The van der Waals surface area contributed by atoms with Gasteiger partial charge in [0.15, 0.2) is 5.96 Å². The molecule has 0 aromatic heterocycles. The Labute approximate surface area is 97.3 Å². The number of nitrogens with zero attached hydrogens (tertiary/aromatic N) is 3. The quantitative estimate of drug-likeness (QED) is 0.543. The normalized spacial score (nSPS) is 21.5. The fourth-order valence-corrected chi connectivity index (χ4v) is 1.93. The third kappa shape index (κ3) is 2.28. The van der Waals surface area contributed by atoms with Gasteiger partial charge < -0.3 is 15.5 Å². The Balaban J connectivity index is 2.85. The Morgan fingerprint density at radius 2 is 2.12 bits per heavy atom. The molecule has 0 unspecified atom stereocenters. The van der Waals surface area contributed by atoms with Crippen molar-refractivity contribution in [3.05, 3.63) is 0 Å². The SMILES string of the molecule is CCCN=C(N)N1CCN(C)C(=O)C1(C)C. The molecule has 1 aliphatic heterocycles. The summed E-state index contributed by atoms with van der Waals surface area (Å²) in [7, 11) is 1.82. The molecule has 0 radical (unpaired) electrons. The molecule has 0 aromatic carbocycles. The van der Waals surface area contributed by atoms with E-state index >= 15 is 0 Å². The smallest absolute Gasteiger partial charge is 0.247 e. The lowest BCUT2D eigenvalue weighted by Crippen LogP contribution is -2.65. The Bertz CT molecular complexity index is 298. The number of likely N-dealkylation sites (N-methyl/N-ethyl adjacent to an activating group) is 1. The first kappa shape index (κ1) is 12.8. The average molecular weight is 226 g/mol. The Kier molecular flexibility index (Phi) is 3.78. The summed E-state index contributed by atoms with van der Waals surface area (Å²) in [4.78, 5) is 19.9. The van der Waals surface area contributed by atoms with Crippen molar-refractivity contribution in [2.45, 2.75) is 32.7 Å². The standard InChI is InChI=1S/C11H22N4O/c1-5-6-13-10(12)15-8-7-14(4)9(16)11(15,2)3/h5-8H2,1-4H3,(H2,12,13). The highest BCUT2D eigenvalue weighted by molar-refractivity contribution is 5.92. The van der Waals surface area contributed by atoms with Crippen LogP contribution in [0.4, 0.5) is 0 Å². The fraction of sp³-hybridized carbons (Fsp3) is 0.818. The van der Waals surface area contributed by atoms with Gasteiger partial charge in [0.25, 0.3) is 0 Å². The maximum atomic E-state index is 12.0. The maximum Gasteiger partial charge on any atom is 0.247 e. The van der Waals surface area contributed by atoms with Crippen LogP contribution in [0.5, 0.6) is 0 Å². The van der Waals surface area contributed by atoms with Crippen LogP contribution in [-0.4, -0.2) is 53.9 Å². The first-order chi connectivity index (χ1) is 7.41. The van der Waals surface area contributed by atoms with Gasteiger partial charge in [-0.1, -0.05) is 6.92 Å². The van der Waals surface area contributed by atoms with Crippen molar-refractivity contribution >= 4 is 11.9 Å². The number of amides is 1. The van der Waals surface area contributed by atoms with E-state index in [1.54, 1.807) is 4.90 Å². The second-order valence-electron chi connectivity index (χ2n) is 4.68. The van der Waals surface area contributed by atoms with E-state index in [4.69, 9.17) is 5.73 Å². The molecule has 1 saturated heterocycles. The number of carbonyl (C=O) groups excluding carboxylic acids is 1. The van der Waals surface area contributed by atoms with Gasteiger partial charge in [-0.25, -0.2) is 0 Å². The minimum Gasteiger partial charge on any atom is -0.370 e. The summed E-state index contributed by atoms with van der Waals surface area (Å²) in [5.41, 5.74) is 5.33. The first-order valence-electron chi connectivity index (χ1n) is 5.74. The average Bonchev–Trinajstić information content (AvgIpc) is 2.23. The second-order valence-corrected chi connectivity index (χ2v) is 4.68. The number of carbonyl (C=O) groups is 1. The van der Waals surface area contributed by atoms with E-state index in [1.807, 2.05) is 25.8 Å². The monoisotopic (exact) mass is 226 g/mol. The molecule has 16 heavy (non-hydrogen) atoms. The molecule has 1 fully saturated rings. The van der Waals surface area contributed by atoms with Crippen molar-refractivity contribution in [2.24, 2.45) is 10.7 Å². The van der Waals surface area contributed by atoms with Gasteiger partial charge in [-0.05, 0) is 20.3 Å². The van der Waals surface area contributed by atoms with Crippen LogP contribution < -0.4 is 5.73 Å². The highest BCUT2D eigenvalue weighted by atomic mass is 16.2. The summed E-state index contributed by atoms with van der Waals surface area (Å²) in [5, 5.41) is 0. The Morgan fingerprint density at radius 3 is 2.69 bits per heavy atom. The zero-order valence-electron chi connectivity index (χ0n) is 10.7. The van der Waals surface area contributed by atoms with Crippen LogP contribution in [0.15, 0.2) is 4.99 Å². The number of aliphatic imine (C=N–C) groups is 1. The minimum absolute atomic E-state index is 0.0911. The van der Waals surface area contributed by atoms with Gasteiger partial charge in [0.05, 0.1) is 0 Å². The van der Waals surface area contributed by atoms with E-state index in [-0.39, 0.29) is 5.91 Å². The number of rotatable bonds is 2. The van der Waals surface area contributed by atoms with Crippen molar-refractivity contribution in [2.75, 3.05) is 26.7 Å². The summed E-state index contributed by atoms with van der Waals surface area (Å²) < 4.78 is 0. The van der Waals surface area contributed by atoms with Gasteiger partial charge in [0, 0.05) is 26.7 Å². The molecule has 5 nitrogen and oxygen atoms in total. The number of hydrogen-bond acceptors (Lipinski definition) is 2. The van der Waals surface area contributed by atoms with E-state index in [9.17, 15) is 4.79 Å². The highest BCUT2D eigenvalue weighted by Crippen LogP contribution is 2.21. The van der Waals surface area contributed by atoms with Gasteiger partial charge >= 0.3 is 0 Å². The predicted molar refractivity (Wildman–Crippen MR) is 65.2 cm³/mol. The molecule has 1 aliphatic rings. The third-order valence-corrected chi connectivity index (χ3v) is 2.98. The predicted octanol–water partition coefficient (Wildman–Crippen LogP) is 0.264. The van der Waals surface area contributed by atoms with E-state index in [0.717, 1.165) is 13.0 Å². The molecule has 1 rings (SSSR count). The summed E-state index contributed by atoms with van der Waals surface area (Å²) in [5.74, 6) is 0.571. The van der Waals surface area contributed by atoms with Crippen LogP contribution in [0.1, 0.15) is 27.2 Å². The second kappa shape index (κ2) is 4.72. The van der Waals surface area contributed by atoms with Crippen LogP contribution in [0.3, 0.4) is 0 Å². The summed E-state index contributed by atoms with van der Waals surface area (Å²) in [6.07, 6.45) is 0.961. The molecule has 0 atom stereocenters. The van der Waals surface area contributed by atoms with E-state index < -0.39 is 5.54 Å². The van der Waals surface area contributed by atoms with Gasteiger partial charge in [0.1, 0.15) is 5.54 Å². The van der Waals surface area contributed by atoms with Crippen LogP contribution in [0.25, 0.3) is 0 Å². The van der Waals surface area contributed by atoms with Crippen molar-refractivity contribution in [3.8, 4) is 0 Å². The van der Waals surface area contributed by atoms with Crippen LogP contribution >= 0.6 is 0 Å². The highest BCUT2D eigenvalue weighted by Gasteiger charge is 2.41. The fourth-order valence-electron chi connectivity index (χ4n) is 1.93. The molecule has 0 saturated carbocycles. The van der Waals surface area contributed by atoms with Gasteiger partial charge in [-0.3, -0.25) is 9.79 Å². The van der Waals surface area contributed by atoms with Crippen LogP contribution in [-0.2, 0) is 4.79 Å². The molecule has 0 aliphatic carbocycles. The molecule has 0 bridgehead atoms. The van der Waals surface area contributed by atoms with Crippen molar-refractivity contribution in [1.29, 1.82) is 0 Å². The minimum atomic E-state index is -0.589. The number of piperazine rings is 1. The molecule has 0 spiro atoms. The Morgan fingerprint density at radius 1 is 1.50 bits per heavy atom. The summed E-state index contributed by atoms with van der Waals surface area (Å²) in [6, 6.07) is 0. The molecular formula is C11H22N4O. The lowest BCUT2D eigenvalue weighted by Gasteiger charge is -2.45. The zero-order valence-corrected chi connectivity index (χ0v) is 10.7. The molecule has 2 N–H and O–H groups in total. The van der Waals surface area contributed by atoms with E-state index in [0.29, 0.717) is 19.0 Å². The maximum absolute atomic E-state index is 12.0. The molecule has 1 heterocycles. The lowest BCUT2D eigenvalue weighted by atomic mass is 9.98. The van der Waals surface area contributed by atoms with Crippen molar-refractivity contribution in [1.82, 2.24) is 9.80 Å². The molecular weight excluding hydrogens is 204 g/mol. The van der Waals surface area contributed by atoms with Gasteiger partial charge in [-0.15, -0.1) is 0 Å². The van der Waals surface area contributed by atoms with E-state index in [2.05, 4.69) is 11.9 Å². The number of nitrogens with two attached hydrogens (primary N) is 1. The zero-order chi connectivity index (χ0) is 12.3. The van der Waals surface area contributed by atoms with Crippen LogP contribution in [0, 0.1) is 0 Å². The molecule has 1 amide bonds. The largest absolute Gasteiger partial charge is 0.370 e. The van der Waals surface area contributed by atoms with Gasteiger partial charge in [-0.2, -0.15) is 0 Å². The molecule has 5 heteroatoms. The summed E-state index contributed by atoms with van der Waals surface area (Å²) in [6.45, 7) is 7.98. The van der Waals surface area contributed by atoms with E-state index in [1.165, 1.54) is 0 Å². The lowest BCUT2D eigenvalue weighted by molar-refractivity contribution is -0.143. The topological polar surface area (TPSA) is 61.9 Å². The Hall–Kier alpha value is -1.26. The van der Waals surface area contributed by atoms with Crippen molar-refractivity contribution in [3.63, 3.8) is 0 Å².